The fraction of sp³-hybridized carbons (Fsp3) is 0.588. The Labute approximate surface area is 140 Å². The number of hydrogen-bond acceptors (Lipinski definition) is 5. The van der Waals surface area contributed by atoms with Gasteiger partial charge in [0.15, 0.2) is 5.13 Å². The van der Waals surface area contributed by atoms with E-state index in [1.54, 1.807) is 0 Å². The fourth-order valence-electron chi connectivity index (χ4n) is 3.48. The van der Waals surface area contributed by atoms with Gasteiger partial charge in [0, 0.05) is 25.2 Å². The molecular formula is C17H23N3S2. The van der Waals surface area contributed by atoms with Crippen LogP contribution < -0.4 is 10.2 Å². The number of aromatic nitrogens is 1. The molecule has 0 aliphatic carbocycles. The first-order valence-corrected chi connectivity index (χ1v) is 10.3. The Morgan fingerprint density at radius 3 is 2.82 bits per heavy atom. The molecule has 0 saturated carbocycles. The van der Waals surface area contributed by atoms with Crippen LogP contribution in [0.1, 0.15) is 25.7 Å². The number of fused-ring (bicyclic) bond motifs is 1. The molecule has 0 spiro atoms. The maximum Gasteiger partial charge on any atom is 0.186 e. The number of para-hydroxylation sites is 1. The number of nitrogens with zero attached hydrogens (tertiary/aromatic N) is 2. The van der Waals surface area contributed by atoms with Crippen molar-refractivity contribution in [1.29, 1.82) is 0 Å². The lowest BCUT2D eigenvalue weighted by Gasteiger charge is -2.36. The molecule has 0 radical (unpaired) electrons. The predicted molar refractivity (Wildman–Crippen MR) is 98.3 cm³/mol. The van der Waals surface area contributed by atoms with Crippen molar-refractivity contribution >= 4 is 38.4 Å². The van der Waals surface area contributed by atoms with Crippen LogP contribution in [0, 0.1) is 0 Å². The average Bonchev–Trinajstić information content (AvgIpc) is 3.00. The quantitative estimate of drug-likeness (QED) is 0.926. The number of rotatable bonds is 3. The van der Waals surface area contributed by atoms with Crippen molar-refractivity contribution in [3.63, 3.8) is 0 Å². The van der Waals surface area contributed by atoms with E-state index in [2.05, 4.69) is 46.2 Å². The van der Waals surface area contributed by atoms with Gasteiger partial charge in [-0.2, -0.15) is 11.8 Å². The maximum absolute atomic E-state index is 4.83. The van der Waals surface area contributed by atoms with Gasteiger partial charge in [0.05, 0.1) is 10.2 Å². The van der Waals surface area contributed by atoms with Gasteiger partial charge in [-0.15, -0.1) is 0 Å². The molecule has 1 N–H and O–H groups in total. The largest absolute Gasteiger partial charge is 0.347 e. The second kappa shape index (κ2) is 6.77. The van der Waals surface area contributed by atoms with Crippen LogP contribution in [0.4, 0.5) is 5.13 Å². The van der Waals surface area contributed by atoms with Crippen molar-refractivity contribution in [2.24, 2.45) is 0 Å². The van der Waals surface area contributed by atoms with E-state index in [1.165, 1.54) is 47.0 Å². The minimum atomic E-state index is 0.633. The lowest BCUT2D eigenvalue weighted by Crippen LogP contribution is -2.50. The van der Waals surface area contributed by atoms with Gasteiger partial charge in [0.1, 0.15) is 0 Å². The first-order valence-electron chi connectivity index (χ1n) is 8.33. The summed E-state index contributed by atoms with van der Waals surface area (Å²) < 4.78 is 1.30. The Hall–Kier alpha value is -0.780. The lowest BCUT2D eigenvalue weighted by atomic mass is 10.0. The molecule has 2 aliphatic heterocycles. The highest BCUT2D eigenvalue weighted by Gasteiger charge is 2.25. The zero-order chi connectivity index (χ0) is 14.8. The third kappa shape index (κ3) is 3.26. The van der Waals surface area contributed by atoms with Crippen LogP contribution in [0.3, 0.4) is 0 Å². The summed E-state index contributed by atoms with van der Waals surface area (Å²) in [6.07, 6.45) is 5.25. The van der Waals surface area contributed by atoms with Crippen LogP contribution in [0.2, 0.25) is 0 Å². The summed E-state index contributed by atoms with van der Waals surface area (Å²) in [6, 6.07) is 9.85. The third-order valence-electron chi connectivity index (χ3n) is 4.67. The fourth-order valence-corrected chi connectivity index (χ4v) is 5.59. The molecule has 3 heterocycles. The van der Waals surface area contributed by atoms with Crippen LogP contribution in [0.5, 0.6) is 0 Å². The van der Waals surface area contributed by atoms with Gasteiger partial charge >= 0.3 is 0 Å². The Bertz CT molecular complexity index is 588. The molecule has 2 fully saturated rings. The second-order valence-electron chi connectivity index (χ2n) is 6.30. The Kier molecular flexibility index (Phi) is 4.55. The molecular weight excluding hydrogens is 310 g/mol. The van der Waals surface area contributed by atoms with E-state index in [-0.39, 0.29) is 0 Å². The van der Waals surface area contributed by atoms with Gasteiger partial charge in [-0.3, -0.25) is 0 Å². The SMILES string of the molecule is c1ccc2sc(N3CCC[C@H](NC4CCSCC4)C3)nc2c1. The van der Waals surface area contributed by atoms with Crippen molar-refractivity contribution in [3.05, 3.63) is 24.3 Å². The molecule has 2 aliphatic rings. The molecule has 1 aromatic carbocycles. The molecule has 0 bridgehead atoms. The van der Waals surface area contributed by atoms with E-state index in [0.29, 0.717) is 6.04 Å². The molecule has 2 aromatic rings. The highest BCUT2D eigenvalue weighted by atomic mass is 32.2. The Balaban J connectivity index is 1.43. The molecule has 1 atom stereocenters. The number of hydrogen-bond donors (Lipinski definition) is 1. The molecule has 22 heavy (non-hydrogen) atoms. The predicted octanol–water partition coefficient (Wildman–Crippen LogP) is 3.75. The van der Waals surface area contributed by atoms with E-state index in [4.69, 9.17) is 4.98 Å². The van der Waals surface area contributed by atoms with E-state index in [0.717, 1.165) is 24.6 Å². The zero-order valence-electron chi connectivity index (χ0n) is 12.8. The monoisotopic (exact) mass is 333 g/mol. The van der Waals surface area contributed by atoms with Gasteiger partial charge < -0.3 is 10.2 Å². The Morgan fingerprint density at radius 2 is 1.95 bits per heavy atom. The topological polar surface area (TPSA) is 28.2 Å². The molecule has 1 aromatic heterocycles. The summed E-state index contributed by atoms with van der Waals surface area (Å²) in [5.74, 6) is 2.65. The van der Waals surface area contributed by atoms with Crippen molar-refractivity contribution in [3.8, 4) is 0 Å². The van der Waals surface area contributed by atoms with E-state index >= 15 is 0 Å². The van der Waals surface area contributed by atoms with Gasteiger partial charge in [-0.05, 0) is 49.3 Å². The summed E-state index contributed by atoms with van der Waals surface area (Å²) in [6.45, 7) is 2.27. The zero-order valence-corrected chi connectivity index (χ0v) is 14.5. The van der Waals surface area contributed by atoms with Gasteiger partial charge in [0.25, 0.3) is 0 Å². The molecule has 4 rings (SSSR count). The highest BCUT2D eigenvalue weighted by molar-refractivity contribution is 7.99. The molecule has 3 nitrogen and oxygen atoms in total. The highest BCUT2D eigenvalue weighted by Crippen LogP contribution is 2.30. The van der Waals surface area contributed by atoms with Gasteiger partial charge in [-0.1, -0.05) is 23.5 Å². The van der Waals surface area contributed by atoms with Crippen LogP contribution in [-0.2, 0) is 0 Å². The summed E-state index contributed by atoms with van der Waals surface area (Å²) in [5.41, 5.74) is 1.14. The number of thiazole rings is 1. The summed E-state index contributed by atoms with van der Waals surface area (Å²) in [7, 11) is 0. The first-order chi connectivity index (χ1) is 10.9. The molecule has 2 saturated heterocycles. The van der Waals surface area contributed by atoms with Crippen LogP contribution in [0.15, 0.2) is 24.3 Å². The van der Waals surface area contributed by atoms with E-state index in [1.807, 2.05) is 11.3 Å². The van der Waals surface area contributed by atoms with Crippen LogP contribution >= 0.6 is 23.1 Å². The van der Waals surface area contributed by atoms with Crippen molar-refractivity contribution in [1.82, 2.24) is 10.3 Å². The number of benzene rings is 1. The molecule has 0 unspecified atom stereocenters. The average molecular weight is 334 g/mol. The Morgan fingerprint density at radius 1 is 1.09 bits per heavy atom. The molecule has 5 heteroatoms. The van der Waals surface area contributed by atoms with Crippen LogP contribution in [-0.4, -0.2) is 41.7 Å². The smallest absolute Gasteiger partial charge is 0.186 e. The van der Waals surface area contributed by atoms with E-state index in [9.17, 15) is 0 Å². The third-order valence-corrected chi connectivity index (χ3v) is 6.81. The number of anilines is 1. The van der Waals surface area contributed by atoms with Crippen LogP contribution in [0.25, 0.3) is 10.2 Å². The van der Waals surface area contributed by atoms with Crippen molar-refractivity contribution in [2.45, 2.75) is 37.8 Å². The van der Waals surface area contributed by atoms with Crippen molar-refractivity contribution < 1.29 is 0 Å². The summed E-state index contributed by atoms with van der Waals surface area (Å²) >= 11 is 3.94. The minimum absolute atomic E-state index is 0.633. The first kappa shape index (κ1) is 14.8. The standard InChI is InChI=1S/C17H23N3S2/c1-2-6-16-15(5-1)19-17(22-16)20-9-3-4-14(12-20)18-13-7-10-21-11-8-13/h1-2,5-6,13-14,18H,3-4,7-12H2/t14-/m0/s1. The van der Waals surface area contributed by atoms with Gasteiger partial charge in [0.2, 0.25) is 0 Å². The lowest BCUT2D eigenvalue weighted by molar-refractivity contribution is 0.360. The second-order valence-corrected chi connectivity index (χ2v) is 8.54. The number of nitrogens with one attached hydrogen (secondary N) is 1. The maximum atomic E-state index is 4.83. The summed E-state index contributed by atoms with van der Waals surface area (Å²) in [4.78, 5) is 7.32. The normalized spacial score (nSPS) is 24.0. The minimum Gasteiger partial charge on any atom is -0.347 e. The number of piperidine rings is 1. The van der Waals surface area contributed by atoms with Gasteiger partial charge in [-0.25, -0.2) is 4.98 Å². The molecule has 118 valence electrons. The van der Waals surface area contributed by atoms with Crippen molar-refractivity contribution in [2.75, 3.05) is 29.5 Å². The molecule has 0 amide bonds. The summed E-state index contributed by atoms with van der Waals surface area (Å²) in [5, 5.41) is 5.11. The van der Waals surface area contributed by atoms with E-state index < -0.39 is 0 Å². The number of thioether (sulfide) groups is 1.